The molecule has 0 aliphatic carbocycles. The maximum absolute atomic E-state index is 12.1. The summed E-state index contributed by atoms with van der Waals surface area (Å²) in [6.07, 6.45) is 4.42. The van der Waals surface area contributed by atoms with Crippen molar-refractivity contribution in [3.8, 4) is 0 Å². The summed E-state index contributed by atoms with van der Waals surface area (Å²) in [5, 5.41) is 9.86. The molecule has 2 aromatic heterocycles. The van der Waals surface area contributed by atoms with Gasteiger partial charge in [-0.05, 0) is 6.07 Å². The van der Waals surface area contributed by atoms with Crippen LogP contribution < -0.4 is 0 Å². The summed E-state index contributed by atoms with van der Waals surface area (Å²) in [5.41, 5.74) is 0.487. The minimum atomic E-state index is -3.38. The average molecular weight is 462 g/mol. The predicted octanol–water partition coefficient (Wildman–Crippen LogP) is 0.525. The summed E-state index contributed by atoms with van der Waals surface area (Å²) in [6.45, 7) is 2.89. The highest BCUT2D eigenvalue weighted by molar-refractivity contribution is 7.88. The number of aliphatic hydroxyl groups excluding tert-OH is 1. The van der Waals surface area contributed by atoms with E-state index in [1.165, 1.54) is 16.9 Å². The monoisotopic (exact) mass is 461 g/mol. The minimum absolute atomic E-state index is 0.102. The topological polar surface area (TPSA) is 99.1 Å². The minimum Gasteiger partial charge on any atom is -0.395 e. The van der Waals surface area contributed by atoms with E-state index in [9.17, 15) is 13.5 Å². The van der Waals surface area contributed by atoms with Crippen molar-refractivity contribution >= 4 is 43.2 Å². The van der Waals surface area contributed by atoms with Gasteiger partial charge >= 0.3 is 0 Å². The molecular weight excluding hydrogens is 438 g/mol. The summed E-state index contributed by atoms with van der Waals surface area (Å²) in [7, 11) is -3.38. The van der Waals surface area contributed by atoms with Crippen molar-refractivity contribution in [2.24, 2.45) is 0 Å². The number of alkyl halides is 1. The molecule has 160 valence electrons. The van der Waals surface area contributed by atoms with Crippen LogP contribution >= 0.6 is 22.9 Å². The molecule has 3 unspecified atom stereocenters. The van der Waals surface area contributed by atoms with E-state index in [1.807, 2.05) is 0 Å². The van der Waals surface area contributed by atoms with Gasteiger partial charge in [-0.15, -0.1) is 11.3 Å². The van der Waals surface area contributed by atoms with E-state index in [2.05, 4.69) is 25.8 Å². The van der Waals surface area contributed by atoms with Gasteiger partial charge in [-0.25, -0.2) is 18.4 Å². The number of halogens is 1. The number of piperazine rings is 1. The van der Waals surface area contributed by atoms with Gasteiger partial charge in [0.1, 0.15) is 11.9 Å². The third-order valence-electron chi connectivity index (χ3n) is 5.31. The van der Waals surface area contributed by atoms with Crippen LogP contribution in [0.2, 0.25) is 0 Å². The summed E-state index contributed by atoms with van der Waals surface area (Å²) >= 11 is 7.89. The first-order valence-corrected chi connectivity index (χ1v) is 12.5. The van der Waals surface area contributed by atoms with E-state index < -0.39 is 21.6 Å². The van der Waals surface area contributed by atoms with Crippen molar-refractivity contribution in [1.29, 1.82) is 0 Å². The maximum Gasteiger partial charge on any atom is 0.211 e. The van der Waals surface area contributed by atoms with Crippen molar-refractivity contribution in [1.82, 2.24) is 24.1 Å². The van der Waals surface area contributed by atoms with Crippen LogP contribution in [0.25, 0.3) is 10.2 Å². The van der Waals surface area contributed by atoms with Crippen LogP contribution in [0.1, 0.15) is 11.0 Å². The molecule has 0 bridgehead atoms. The Morgan fingerprint density at radius 1 is 1.34 bits per heavy atom. The fourth-order valence-corrected chi connectivity index (χ4v) is 6.55. The van der Waals surface area contributed by atoms with Crippen LogP contribution in [-0.4, -0.2) is 101 Å². The van der Waals surface area contributed by atoms with Crippen LogP contribution in [0.3, 0.4) is 0 Å². The lowest BCUT2D eigenvalue weighted by molar-refractivity contribution is -0.0633. The Hall–Kier alpha value is -0.920. The summed E-state index contributed by atoms with van der Waals surface area (Å²) < 4.78 is 32.1. The van der Waals surface area contributed by atoms with Gasteiger partial charge in [0.05, 0.1) is 41.9 Å². The van der Waals surface area contributed by atoms with Gasteiger partial charge in [0.15, 0.2) is 0 Å². The summed E-state index contributed by atoms with van der Waals surface area (Å²) in [6, 6.07) is 1.57. The fourth-order valence-electron chi connectivity index (χ4n) is 4.04. The molecule has 2 saturated heterocycles. The zero-order valence-electron chi connectivity index (χ0n) is 16.0. The highest BCUT2D eigenvalue weighted by atomic mass is 35.5. The zero-order chi connectivity index (χ0) is 20.6. The average Bonchev–Trinajstić information content (AvgIpc) is 3.10. The van der Waals surface area contributed by atoms with Crippen LogP contribution in [0.15, 0.2) is 18.6 Å². The number of aromatic nitrogens is 2. The molecule has 0 amide bonds. The largest absolute Gasteiger partial charge is 0.395 e. The van der Waals surface area contributed by atoms with Crippen LogP contribution in [0.4, 0.5) is 0 Å². The SMILES string of the molecule is CS(=O)(=O)N1CCN(C(c2cc3ncncc3s2)N2CCOC(Cl)C2)CC1CO. The lowest BCUT2D eigenvalue weighted by atomic mass is 10.1. The maximum atomic E-state index is 12.1. The lowest BCUT2D eigenvalue weighted by Gasteiger charge is -2.47. The Bertz CT molecular complexity index is 925. The Labute approximate surface area is 178 Å². The first kappa shape index (κ1) is 21.3. The molecule has 2 aliphatic heterocycles. The number of thiophene rings is 1. The zero-order valence-corrected chi connectivity index (χ0v) is 18.4. The Morgan fingerprint density at radius 3 is 2.83 bits per heavy atom. The predicted molar refractivity (Wildman–Crippen MR) is 111 cm³/mol. The van der Waals surface area contributed by atoms with E-state index >= 15 is 0 Å². The number of sulfonamides is 1. The van der Waals surface area contributed by atoms with Crippen molar-refractivity contribution < 1.29 is 18.3 Å². The van der Waals surface area contributed by atoms with Crippen molar-refractivity contribution in [3.63, 3.8) is 0 Å². The van der Waals surface area contributed by atoms with Gasteiger partial charge in [0, 0.05) is 43.8 Å². The molecule has 2 fully saturated rings. The van der Waals surface area contributed by atoms with Gasteiger partial charge in [-0.3, -0.25) is 9.80 Å². The molecule has 0 aromatic carbocycles. The Morgan fingerprint density at radius 2 is 2.14 bits per heavy atom. The first-order valence-electron chi connectivity index (χ1n) is 9.37. The lowest BCUT2D eigenvalue weighted by Crippen LogP contribution is -2.59. The van der Waals surface area contributed by atoms with Gasteiger partial charge in [-0.2, -0.15) is 4.31 Å². The van der Waals surface area contributed by atoms with Crippen molar-refractivity contribution in [2.45, 2.75) is 17.8 Å². The second-order valence-corrected chi connectivity index (χ2v) is 10.8. The Balaban J connectivity index is 1.67. The molecule has 4 heterocycles. The molecule has 0 radical (unpaired) electrons. The molecule has 4 rings (SSSR count). The van der Waals surface area contributed by atoms with E-state index in [0.29, 0.717) is 39.3 Å². The second-order valence-electron chi connectivity index (χ2n) is 7.28. The second kappa shape index (κ2) is 8.67. The Kier molecular flexibility index (Phi) is 6.38. The van der Waals surface area contributed by atoms with Crippen molar-refractivity contribution in [2.75, 3.05) is 52.2 Å². The van der Waals surface area contributed by atoms with Gasteiger partial charge in [-0.1, -0.05) is 11.6 Å². The fraction of sp³-hybridized carbons (Fsp3) is 0.647. The molecule has 1 N–H and O–H groups in total. The molecule has 3 atom stereocenters. The number of morpholine rings is 1. The van der Waals surface area contributed by atoms with E-state index in [4.69, 9.17) is 16.3 Å². The molecule has 2 aromatic rings. The molecule has 12 heteroatoms. The number of hydrogen-bond acceptors (Lipinski definition) is 9. The van der Waals surface area contributed by atoms with E-state index in [0.717, 1.165) is 15.1 Å². The van der Waals surface area contributed by atoms with Crippen LogP contribution in [-0.2, 0) is 14.8 Å². The number of rotatable bonds is 5. The number of hydrogen-bond donors (Lipinski definition) is 1. The van der Waals surface area contributed by atoms with Gasteiger partial charge in [0.25, 0.3) is 0 Å². The molecule has 9 nitrogen and oxygen atoms in total. The highest BCUT2D eigenvalue weighted by Crippen LogP contribution is 2.36. The summed E-state index contributed by atoms with van der Waals surface area (Å²) in [4.78, 5) is 14.0. The normalized spacial score (nSPS) is 26.7. The third-order valence-corrected chi connectivity index (χ3v) is 8.01. The third kappa shape index (κ3) is 4.57. The van der Waals surface area contributed by atoms with Crippen LogP contribution in [0.5, 0.6) is 0 Å². The highest BCUT2D eigenvalue weighted by Gasteiger charge is 2.39. The van der Waals surface area contributed by atoms with Gasteiger partial charge in [0.2, 0.25) is 10.0 Å². The standard InChI is InChI=1S/C17H24ClN5O4S2/c1-29(25,26)23-3-2-21(8-12(23)10-24)17(22-4-5-27-16(18)9-22)14-6-13-15(28-14)7-19-11-20-13/h6-7,11-12,16-17,24H,2-5,8-10H2,1H3. The molecule has 2 aliphatic rings. The number of fused-ring (bicyclic) bond motifs is 1. The molecule has 29 heavy (non-hydrogen) atoms. The van der Waals surface area contributed by atoms with Crippen molar-refractivity contribution in [3.05, 3.63) is 23.5 Å². The smallest absolute Gasteiger partial charge is 0.211 e. The molecule has 0 spiro atoms. The van der Waals surface area contributed by atoms with Crippen LogP contribution in [0, 0.1) is 0 Å². The quantitative estimate of drug-likeness (QED) is 0.643. The van der Waals surface area contributed by atoms with E-state index in [1.54, 1.807) is 17.5 Å². The van der Waals surface area contributed by atoms with E-state index in [-0.39, 0.29) is 12.8 Å². The number of aliphatic hydroxyl groups is 1. The number of nitrogens with zero attached hydrogens (tertiary/aromatic N) is 5. The first-order chi connectivity index (χ1) is 13.9. The summed E-state index contributed by atoms with van der Waals surface area (Å²) in [5.74, 6) is 0. The molecule has 0 saturated carbocycles. The van der Waals surface area contributed by atoms with Gasteiger partial charge < -0.3 is 9.84 Å². The molecular formula is C17H24ClN5O4S2. The number of ether oxygens (including phenoxy) is 1.